The average molecular weight is 294 g/mol. The fourth-order valence-corrected chi connectivity index (χ4v) is 3.19. The smallest absolute Gasteiger partial charge is 0.227 e. The number of unbranched alkanes of at least 4 members (excludes halogenated alkanes) is 1. The molecule has 1 aliphatic carbocycles. The molecule has 1 aliphatic rings. The van der Waals surface area contributed by atoms with Gasteiger partial charge in [0.1, 0.15) is 0 Å². The van der Waals surface area contributed by atoms with Crippen LogP contribution in [0.2, 0.25) is 5.02 Å². The van der Waals surface area contributed by atoms with Crippen molar-refractivity contribution >= 4 is 23.2 Å². The van der Waals surface area contributed by atoms with E-state index in [1.54, 1.807) is 6.07 Å². The summed E-state index contributed by atoms with van der Waals surface area (Å²) in [6.07, 6.45) is 8.35. The monoisotopic (exact) mass is 293 g/mol. The van der Waals surface area contributed by atoms with Gasteiger partial charge in [-0.05, 0) is 43.7 Å². The van der Waals surface area contributed by atoms with E-state index in [1.165, 1.54) is 32.1 Å². The summed E-state index contributed by atoms with van der Waals surface area (Å²) in [7, 11) is 0. The maximum Gasteiger partial charge on any atom is 0.227 e. The molecule has 0 aliphatic heterocycles. The van der Waals surface area contributed by atoms with Crippen molar-refractivity contribution in [1.82, 2.24) is 0 Å². The molecule has 3 heteroatoms. The van der Waals surface area contributed by atoms with E-state index in [1.807, 2.05) is 18.2 Å². The van der Waals surface area contributed by atoms with Gasteiger partial charge >= 0.3 is 0 Å². The van der Waals surface area contributed by atoms with Gasteiger partial charge in [0, 0.05) is 5.92 Å². The summed E-state index contributed by atoms with van der Waals surface area (Å²) >= 11 is 6.07. The van der Waals surface area contributed by atoms with E-state index in [9.17, 15) is 4.79 Å². The zero-order valence-corrected chi connectivity index (χ0v) is 13.0. The second kappa shape index (κ2) is 7.68. The van der Waals surface area contributed by atoms with Crippen LogP contribution < -0.4 is 5.32 Å². The highest BCUT2D eigenvalue weighted by molar-refractivity contribution is 6.33. The fourth-order valence-electron chi connectivity index (χ4n) is 3.00. The normalized spacial score (nSPS) is 22.5. The second-order valence-corrected chi connectivity index (χ2v) is 6.24. The number of nitrogens with one attached hydrogen (secondary N) is 1. The van der Waals surface area contributed by atoms with E-state index >= 15 is 0 Å². The fraction of sp³-hybridized carbons (Fsp3) is 0.588. The Kier molecular flexibility index (Phi) is 5.90. The van der Waals surface area contributed by atoms with Crippen molar-refractivity contribution in [1.29, 1.82) is 0 Å². The van der Waals surface area contributed by atoms with Crippen molar-refractivity contribution in [3.05, 3.63) is 29.3 Å². The highest BCUT2D eigenvalue weighted by Crippen LogP contribution is 2.33. The summed E-state index contributed by atoms with van der Waals surface area (Å²) in [6, 6.07) is 7.42. The molecule has 0 aromatic heterocycles. The zero-order chi connectivity index (χ0) is 14.4. The van der Waals surface area contributed by atoms with Crippen molar-refractivity contribution in [3.63, 3.8) is 0 Å². The maximum atomic E-state index is 12.3. The van der Waals surface area contributed by atoms with Crippen molar-refractivity contribution in [2.24, 2.45) is 11.8 Å². The van der Waals surface area contributed by atoms with Crippen LogP contribution in [0.1, 0.15) is 51.9 Å². The van der Waals surface area contributed by atoms with E-state index < -0.39 is 0 Å². The highest BCUT2D eigenvalue weighted by atomic mass is 35.5. The minimum Gasteiger partial charge on any atom is -0.325 e. The van der Waals surface area contributed by atoms with Gasteiger partial charge in [-0.2, -0.15) is 0 Å². The first-order chi connectivity index (χ1) is 9.70. The predicted molar refractivity (Wildman–Crippen MR) is 85.1 cm³/mol. The summed E-state index contributed by atoms with van der Waals surface area (Å²) in [5.74, 6) is 1.12. The number of rotatable bonds is 5. The van der Waals surface area contributed by atoms with Gasteiger partial charge in [-0.1, -0.05) is 49.9 Å². The third-order valence-corrected chi connectivity index (χ3v) is 4.64. The summed E-state index contributed by atoms with van der Waals surface area (Å²) in [6.45, 7) is 2.24. The van der Waals surface area contributed by atoms with Crippen LogP contribution in [-0.2, 0) is 4.79 Å². The minimum atomic E-state index is 0.132. The number of para-hydroxylation sites is 1. The number of halogens is 1. The van der Waals surface area contributed by atoms with Gasteiger partial charge in [0.15, 0.2) is 0 Å². The largest absolute Gasteiger partial charge is 0.325 e. The highest BCUT2D eigenvalue weighted by Gasteiger charge is 2.26. The molecule has 1 aromatic carbocycles. The Morgan fingerprint density at radius 3 is 2.60 bits per heavy atom. The third kappa shape index (κ3) is 4.24. The topological polar surface area (TPSA) is 29.1 Å². The molecule has 110 valence electrons. The molecule has 20 heavy (non-hydrogen) atoms. The first-order valence-electron chi connectivity index (χ1n) is 7.76. The minimum absolute atomic E-state index is 0.132. The molecule has 1 amide bonds. The molecule has 0 saturated heterocycles. The lowest BCUT2D eigenvalue weighted by Crippen LogP contribution is -2.27. The van der Waals surface area contributed by atoms with Gasteiger partial charge in [-0.3, -0.25) is 4.79 Å². The Morgan fingerprint density at radius 1 is 1.25 bits per heavy atom. The number of carbonyl (C=O) groups is 1. The van der Waals surface area contributed by atoms with Crippen molar-refractivity contribution in [2.75, 3.05) is 5.32 Å². The SMILES string of the molecule is CCCCC1CCC(C(=O)Nc2ccccc2Cl)CC1. The van der Waals surface area contributed by atoms with Crippen LogP contribution in [0.15, 0.2) is 24.3 Å². The summed E-state index contributed by atoms with van der Waals surface area (Å²) in [5, 5.41) is 3.58. The number of hydrogen-bond acceptors (Lipinski definition) is 1. The Balaban J connectivity index is 1.82. The van der Waals surface area contributed by atoms with Gasteiger partial charge in [-0.25, -0.2) is 0 Å². The molecule has 0 unspecified atom stereocenters. The van der Waals surface area contributed by atoms with E-state index in [4.69, 9.17) is 11.6 Å². The number of carbonyl (C=O) groups excluding carboxylic acids is 1. The van der Waals surface area contributed by atoms with Crippen LogP contribution in [-0.4, -0.2) is 5.91 Å². The van der Waals surface area contributed by atoms with Crippen LogP contribution >= 0.6 is 11.6 Å². The summed E-state index contributed by atoms with van der Waals surface area (Å²) in [4.78, 5) is 12.3. The summed E-state index contributed by atoms with van der Waals surface area (Å²) < 4.78 is 0. The van der Waals surface area contributed by atoms with E-state index in [2.05, 4.69) is 12.2 Å². The molecule has 1 fully saturated rings. The van der Waals surface area contributed by atoms with Crippen LogP contribution in [0.25, 0.3) is 0 Å². The van der Waals surface area contributed by atoms with Gasteiger partial charge in [-0.15, -0.1) is 0 Å². The Bertz CT molecular complexity index is 438. The van der Waals surface area contributed by atoms with Gasteiger partial charge < -0.3 is 5.32 Å². The summed E-state index contributed by atoms with van der Waals surface area (Å²) in [5.41, 5.74) is 0.729. The Morgan fingerprint density at radius 2 is 1.95 bits per heavy atom. The van der Waals surface area contributed by atoms with Crippen molar-refractivity contribution in [3.8, 4) is 0 Å². The molecule has 1 aromatic rings. The van der Waals surface area contributed by atoms with Gasteiger partial charge in [0.05, 0.1) is 10.7 Å². The zero-order valence-electron chi connectivity index (χ0n) is 12.2. The lowest BCUT2D eigenvalue weighted by atomic mass is 9.79. The molecule has 2 rings (SSSR count). The third-order valence-electron chi connectivity index (χ3n) is 4.32. The second-order valence-electron chi connectivity index (χ2n) is 5.83. The van der Waals surface area contributed by atoms with Crippen LogP contribution in [0.4, 0.5) is 5.69 Å². The van der Waals surface area contributed by atoms with Gasteiger partial charge in [0.25, 0.3) is 0 Å². The molecule has 1 saturated carbocycles. The first-order valence-corrected chi connectivity index (χ1v) is 8.14. The van der Waals surface area contributed by atoms with Crippen molar-refractivity contribution in [2.45, 2.75) is 51.9 Å². The molecular weight excluding hydrogens is 270 g/mol. The molecule has 0 bridgehead atoms. The van der Waals surface area contributed by atoms with Crippen LogP contribution in [0.3, 0.4) is 0 Å². The van der Waals surface area contributed by atoms with Crippen LogP contribution in [0, 0.1) is 11.8 Å². The lowest BCUT2D eigenvalue weighted by molar-refractivity contribution is -0.121. The van der Waals surface area contributed by atoms with Crippen LogP contribution in [0.5, 0.6) is 0 Å². The van der Waals surface area contributed by atoms with E-state index in [0.29, 0.717) is 5.02 Å². The molecule has 0 atom stereocenters. The number of hydrogen-bond donors (Lipinski definition) is 1. The first kappa shape index (κ1) is 15.4. The number of anilines is 1. The Labute approximate surface area is 126 Å². The molecule has 0 radical (unpaired) electrons. The molecular formula is C17H24ClNO. The molecule has 2 nitrogen and oxygen atoms in total. The van der Waals surface area contributed by atoms with E-state index in [-0.39, 0.29) is 11.8 Å². The Hall–Kier alpha value is -1.02. The van der Waals surface area contributed by atoms with Gasteiger partial charge in [0.2, 0.25) is 5.91 Å². The quantitative estimate of drug-likeness (QED) is 0.786. The number of benzene rings is 1. The predicted octanol–water partition coefficient (Wildman–Crippen LogP) is 5.28. The standard InChI is InChI=1S/C17H24ClNO/c1-2-3-6-13-9-11-14(12-10-13)17(20)19-16-8-5-4-7-15(16)18/h4-5,7-8,13-14H,2-3,6,9-12H2,1H3,(H,19,20). The molecule has 0 heterocycles. The molecule has 0 spiro atoms. The van der Waals surface area contributed by atoms with E-state index in [0.717, 1.165) is 24.4 Å². The van der Waals surface area contributed by atoms with Crippen molar-refractivity contribution < 1.29 is 4.79 Å². The maximum absolute atomic E-state index is 12.3. The number of amides is 1. The lowest BCUT2D eigenvalue weighted by Gasteiger charge is -2.27. The molecule has 1 N–H and O–H groups in total. The average Bonchev–Trinajstić information content (AvgIpc) is 2.48.